The standard InChI is InChI=1S/C47H58N6O5S.C2H6/c1-4-6-23-48-43(54)32-53-42-31-36(47(56)49-24-7-5-2)17-21-40(42)45(34-12-9-8-10-13-34)46(53)35-15-19-39(20-16-35)58-33-37-30-38(52-25-11-14-44(52)55)18-22-41(37)50-26-28-51(29-27-50)59(3)57;1-2/h4-5,15-22,30-31,34H,1-2,6-14,23-29,32-33H2,3H3,(H,48,54)(H,49,56);1-2H3. The van der Waals surface area contributed by atoms with Crippen LogP contribution in [0.3, 0.4) is 0 Å². The molecule has 1 unspecified atom stereocenters. The average molecular weight is 849 g/mol. The van der Waals surface area contributed by atoms with E-state index in [1.165, 1.54) is 12.0 Å². The van der Waals surface area contributed by atoms with E-state index in [4.69, 9.17) is 4.74 Å². The van der Waals surface area contributed by atoms with Gasteiger partial charge in [0, 0.05) is 86.4 Å². The van der Waals surface area contributed by atoms with Gasteiger partial charge in [0.2, 0.25) is 11.8 Å². The first-order chi connectivity index (χ1) is 29.7. The van der Waals surface area contributed by atoms with Crippen molar-refractivity contribution < 1.29 is 23.3 Å². The van der Waals surface area contributed by atoms with E-state index in [9.17, 15) is 18.6 Å². The highest BCUT2D eigenvalue weighted by atomic mass is 32.2. The molecule has 61 heavy (non-hydrogen) atoms. The number of hydrogen-bond donors (Lipinski definition) is 2. The molecule has 1 saturated carbocycles. The van der Waals surface area contributed by atoms with Gasteiger partial charge < -0.3 is 29.7 Å². The minimum absolute atomic E-state index is 0.0981. The maximum atomic E-state index is 13.6. The lowest BCUT2D eigenvalue weighted by Crippen LogP contribution is -2.47. The zero-order valence-electron chi connectivity index (χ0n) is 36.4. The van der Waals surface area contributed by atoms with Crippen LogP contribution >= 0.6 is 0 Å². The van der Waals surface area contributed by atoms with Gasteiger partial charge in [-0.25, -0.2) is 8.51 Å². The first kappa shape index (κ1) is 45.3. The molecule has 0 spiro atoms. The summed E-state index contributed by atoms with van der Waals surface area (Å²) in [4.78, 5) is 43.8. The smallest absolute Gasteiger partial charge is 0.251 e. The lowest BCUT2D eigenvalue weighted by Gasteiger charge is -2.36. The topological polar surface area (TPSA) is 116 Å². The molecule has 12 heteroatoms. The second-order valence-electron chi connectivity index (χ2n) is 15.8. The normalized spacial score (nSPS) is 16.5. The number of fused-ring (bicyclic) bond motifs is 1. The van der Waals surface area contributed by atoms with Crippen molar-refractivity contribution in [2.24, 2.45) is 0 Å². The van der Waals surface area contributed by atoms with Crippen molar-refractivity contribution in [1.29, 1.82) is 0 Å². The third kappa shape index (κ3) is 11.0. The molecule has 3 amide bonds. The monoisotopic (exact) mass is 848 g/mol. The van der Waals surface area contributed by atoms with Crippen molar-refractivity contribution in [3.63, 3.8) is 0 Å². The van der Waals surface area contributed by atoms with Gasteiger partial charge >= 0.3 is 0 Å². The molecule has 326 valence electrons. The van der Waals surface area contributed by atoms with E-state index in [-0.39, 0.29) is 24.3 Å². The molecular formula is C49H64N6O5S. The van der Waals surface area contributed by atoms with Gasteiger partial charge in [0.25, 0.3) is 5.91 Å². The van der Waals surface area contributed by atoms with Gasteiger partial charge in [-0.3, -0.25) is 14.4 Å². The Morgan fingerprint density at radius 3 is 2.21 bits per heavy atom. The molecular weight excluding hydrogens is 785 g/mol. The largest absolute Gasteiger partial charge is 0.489 e. The van der Waals surface area contributed by atoms with Crippen molar-refractivity contribution in [2.45, 2.75) is 90.7 Å². The predicted molar refractivity (Wildman–Crippen MR) is 250 cm³/mol. The van der Waals surface area contributed by atoms with E-state index in [1.807, 2.05) is 53.4 Å². The lowest BCUT2D eigenvalue weighted by molar-refractivity contribution is -0.121. The second kappa shape index (κ2) is 22.1. The fourth-order valence-corrected chi connectivity index (χ4v) is 9.52. The Hall–Kier alpha value is -5.20. The van der Waals surface area contributed by atoms with Crippen LogP contribution in [0.25, 0.3) is 22.2 Å². The quantitative estimate of drug-likeness (QED) is 0.0814. The van der Waals surface area contributed by atoms with Crippen LogP contribution in [-0.2, 0) is 33.7 Å². The highest BCUT2D eigenvalue weighted by Crippen LogP contribution is 2.45. The maximum absolute atomic E-state index is 13.6. The van der Waals surface area contributed by atoms with Gasteiger partial charge in [-0.2, -0.15) is 0 Å². The number of anilines is 2. The Bertz CT molecular complexity index is 2190. The molecule has 1 atom stereocenters. The number of carbonyl (C=O) groups excluding carboxylic acids is 3. The van der Waals surface area contributed by atoms with E-state index < -0.39 is 11.0 Å². The predicted octanol–water partition coefficient (Wildman–Crippen LogP) is 8.50. The SMILES string of the molecule is C=CCCNC(=O)Cn1c(-c2ccc(OCc3cc(N4CCCC4=O)ccc3N3CCN(S(C)=O)CC3)cc2)c(C2CCCCC2)c2ccc(C(=O)NCCC=C)cc21.CC. The molecule has 2 N–H and O–H groups in total. The van der Waals surface area contributed by atoms with E-state index >= 15 is 0 Å². The summed E-state index contributed by atoms with van der Waals surface area (Å²) in [7, 11) is -1.01. The zero-order chi connectivity index (χ0) is 43.3. The van der Waals surface area contributed by atoms with Crippen LogP contribution < -0.4 is 25.2 Å². The van der Waals surface area contributed by atoms with E-state index in [0.29, 0.717) is 75.8 Å². The molecule has 1 aliphatic carbocycles. The molecule has 3 fully saturated rings. The number of nitrogens with one attached hydrogen (secondary N) is 2. The first-order valence-electron chi connectivity index (χ1n) is 22.2. The number of rotatable bonds is 17. The molecule has 2 saturated heterocycles. The summed E-state index contributed by atoms with van der Waals surface area (Å²) in [5.41, 5.74) is 7.56. The molecule has 2 aliphatic heterocycles. The molecule has 3 aromatic carbocycles. The molecule has 3 heterocycles. The van der Waals surface area contributed by atoms with Crippen molar-refractivity contribution in [2.75, 3.05) is 61.9 Å². The summed E-state index contributed by atoms with van der Waals surface area (Å²) in [5.74, 6) is 0.915. The molecule has 11 nitrogen and oxygen atoms in total. The van der Waals surface area contributed by atoms with Crippen molar-refractivity contribution in [1.82, 2.24) is 19.5 Å². The second-order valence-corrected chi connectivity index (χ2v) is 17.2. The van der Waals surface area contributed by atoms with Crippen LogP contribution in [0.1, 0.15) is 99.0 Å². The highest BCUT2D eigenvalue weighted by Gasteiger charge is 2.29. The van der Waals surface area contributed by atoms with Gasteiger partial charge in [-0.05, 0) is 104 Å². The van der Waals surface area contributed by atoms with Crippen molar-refractivity contribution in [3.05, 3.63) is 103 Å². The van der Waals surface area contributed by atoms with Crippen LogP contribution in [0, 0.1) is 0 Å². The van der Waals surface area contributed by atoms with Crippen LogP contribution in [0.15, 0.2) is 86.0 Å². The summed E-state index contributed by atoms with van der Waals surface area (Å²) in [6, 6.07) is 20.3. The molecule has 3 aliphatic rings. The fraction of sp³-hybridized carbons (Fsp3) is 0.449. The lowest BCUT2D eigenvalue weighted by atomic mass is 9.81. The fourth-order valence-electron chi connectivity index (χ4n) is 8.84. The summed E-state index contributed by atoms with van der Waals surface area (Å²) in [6.45, 7) is 16.6. The Kier molecular flexibility index (Phi) is 16.4. The van der Waals surface area contributed by atoms with Crippen molar-refractivity contribution in [3.8, 4) is 17.0 Å². The first-order valence-corrected chi connectivity index (χ1v) is 23.7. The highest BCUT2D eigenvalue weighted by molar-refractivity contribution is 7.81. The number of amides is 3. The van der Waals surface area contributed by atoms with Crippen LogP contribution in [0.4, 0.5) is 11.4 Å². The van der Waals surface area contributed by atoms with Crippen LogP contribution in [0.5, 0.6) is 5.75 Å². The van der Waals surface area contributed by atoms with E-state index in [1.54, 1.807) is 18.4 Å². The summed E-state index contributed by atoms with van der Waals surface area (Å²) in [5, 5.41) is 7.13. The number of benzene rings is 3. The minimum atomic E-state index is -1.01. The molecule has 7 rings (SSSR count). The van der Waals surface area contributed by atoms with Gasteiger partial charge in [0.15, 0.2) is 0 Å². The summed E-state index contributed by atoms with van der Waals surface area (Å²) >= 11 is 0. The van der Waals surface area contributed by atoms with E-state index in [2.05, 4.69) is 63.6 Å². The Balaban J connectivity index is 0.00000307. The Morgan fingerprint density at radius 2 is 1.56 bits per heavy atom. The minimum Gasteiger partial charge on any atom is -0.489 e. The molecule has 0 bridgehead atoms. The molecule has 1 aromatic heterocycles. The number of ether oxygens (including phenoxy) is 1. The number of piperazine rings is 1. The summed E-state index contributed by atoms with van der Waals surface area (Å²) in [6.07, 6.45) is 13.7. The number of carbonyl (C=O) groups is 3. The van der Waals surface area contributed by atoms with E-state index in [0.717, 1.165) is 84.3 Å². The third-order valence-electron chi connectivity index (χ3n) is 11.9. The number of aromatic nitrogens is 1. The third-order valence-corrected chi connectivity index (χ3v) is 13.0. The van der Waals surface area contributed by atoms with Crippen LogP contribution in [-0.4, -0.2) is 82.9 Å². The number of nitrogens with zero attached hydrogens (tertiary/aromatic N) is 4. The van der Waals surface area contributed by atoms with Gasteiger partial charge in [0.05, 0.1) is 22.2 Å². The van der Waals surface area contributed by atoms with Crippen molar-refractivity contribution >= 4 is 51.0 Å². The Labute approximate surface area is 364 Å². The van der Waals surface area contributed by atoms with Gasteiger partial charge in [0.1, 0.15) is 18.9 Å². The van der Waals surface area contributed by atoms with Gasteiger partial charge in [-0.1, -0.05) is 51.3 Å². The maximum Gasteiger partial charge on any atom is 0.251 e. The summed E-state index contributed by atoms with van der Waals surface area (Å²) < 4.78 is 22.8. The van der Waals surface area contributed by atoms with Gasteiger partial charge in [-0.15, -0.1) is 13.2 Å². The Morgan fingerprint density at radius 1 is 0.852 bits per heavy atom. The number of hydrogen-bond acceptors (Lipinski definition) is 6. The average Bonchev–Trinajstić information content (AvgIpc) is 3.87. The molecule has 0 radical (unpaired) electrons. The zero-order valence-corrected chi connectivity index (χ0v) is 37.2. The van der Waals surface area contributed by atoms with Crippen LogP contribution in [0.2, 0.25) is 0 Å². The molecule has 4 aromatic rings.